The summed E-state index contributed by atoms with van der Waals surface area (Å²) in [4.78, 5) is 5.23. The molecule has 1 saturated carbocycles. The maximum absolute atomic E-state index is 6.06. The second-order valence-electron chi connectivity index (χ2n) is 6.15. The summed E-state index contributed by atoms with van der Waals surface area (Å²) in [6, 6.07) is 10.3. The van der Waals surface area contributed by atoms with E-state index in [-0.39, 0.29) is 0 Å². The topological polar surface area (TPSA) is 32.5 Å². The van der Waals surface area contributed by atoms with E-state index >= 15 is 0 Å². The van der Waals surface area contributed by atoms with Crippen molar-refractivity contribution in [3.8, 4) is 0 Å². The van der Waals surface area contributed by atoms with E-state index in [1.54, 1.807) is 0 Å². The molecule has 0 bridgehead atoms. The summed E-state index contributed by atoms with van der Waals surface area (Å²) in [5.41, 5.74) is 8.84. The van der Waals surface area contributed by atoms with Gasteiger partial charge in [-0.15, -0.1) is 0 Å². The van der Waals surface area contributed by atoms with E-state index in [0.717, 1.165) is 32.1 Å². The lowest BCUT2D eigenvalue weighted by Crippen LogP contribution is -2.49. The van der Waals surface area contributed by atoms with Crippen LogP contribution in [0.15, 0.2) is 24.3 Å². The summed E-state index contributed by atoms with van der Waals surface area (Å²) in [6.45, 7) is 7.67. The maximum Gasteiger partial charge on any atom is 0.0471 e. The lowest BCUT2D eigenvalue weighted by atomic mass is 10.0. The fourth-order valence-corrected chi connectivity index (χ4v) is 3.33. The van der Waals surface area contributed by atoms with E-state index < -0.39 is 0 Å². The van der Waals surface area contributed by atoms with Crippen LogP contribution in [0.25, 0.3) is 0 Å². The second kappa shape index (κ2) is 6.25. The fourth-order valence-electron chi connectivity index (χ4n) is 3.33. The van der Waals surface area contributed by atoms with Gasteiger partial charge in [0.25, 0.3) is 0 Å². The molecule has 1 aromatic carbocycles. The van der Waals surface area contributed by atoms with Gasteiger partial charge in [0, 0.05) is 44.8 Å². The Morgan fingerprint density at radius 3 is 2.25 bits per heavy atom. The van der Waals surface area contributed by atoms with Crippen LogP contribution in [0.4, 0.5) is 0 Å². The van der Waals surface area contributed by atoms with Gasteiger partial charge < -0.3 is 5.73 Å². The lowest BCUT2D eigenvalue weighted by molar-refractivity contribution is 0.0938. The average molecular weight is 273 g/mol. The molecule has 3 rings (SSSR count). The molecule has 1 aromatic rings. The van der Waals surface area contributed by atoms with Crippen LogP contribution < -0.4 is 5.73 Å². The molecule has 3 heteroatoms. The molecule has 1 saturated heterocycles. The highest BCUT2D eigenvalue weighted by molar-refractivity contribution is 5.25. The molecule has 110 valence electrons. The minimum Gasteiger partial charge on any atom is -0.329 e. The molecule has 20 heavy (non-hydrogen) atoms. The standard InChI is InChI=1S/C17H27N3/c1-2-14-3-5-15(6-4-14)17(13-18)20-11-9-19(10-12-20)16-7-8-16/h3-6,16-17H,2,7-13,18H2,1H3. The van der Waals surface area contributed by atoms with Gasteiger partial charge in [0.1, 0.15) is 0 Å². The molecule has 2 fully saturated rings. The third-order valence-electron chi connectivity index (χ3n) is 4.85. The largest absolute Gasteiger partial charge is 0.329 e. The molecule has 0 aromatic heterocycles. The molecule has 3 nitrogen and oxygen atoms in total. The SMILES string of the molecule is CCc1ccc(C(CN)N2CCN(C3CC3)CC2)cc1. The molecule has 1 atom stereocenters. The second-order valence-corrected chi connectivity index (χ2v) is 6.15. The monoisotopic (exact) mass is 273 g/mol. The van der Waals surface area contributed by atoms with E-state index in [1.807, 2.05) is 0 Å². The van der Waals surface area contributed by atoms with Crippen molar-refractivity contribution in [1.82, 2.24) is 9.80 Å². The number of piperazine rings is 1. The zero-order valence-electron chi connectivity index (χ0n) is 12.6. The summed E-state index contributed by atoms with van der Waals surface area (Å²) >= 11 is 0. The highest BCUT2D eigenvalue weighted by atomic mass is 15.3. The minimum absolute atomic E-state index is 0.391. The van der Waals surface area contributed by atoms with Gasteiger partial charge in [0.05, 0.1) is 0 Å². The number of benzene rings is 1. The van der Waals surface area contributed by atoms with Crippen LogP contribution in [-0.4, -0.2) is 48.6 Å². The van der Waals surface area contributed by atoms with E-state index in [0.29, 0.717) is 6.04 Å². The first-order chi connectivity index (χ1) is 9.81. The van der Waals surface area contributed by atoms with E-state index in [2.05, 4.69) is 41.0 Å². The van der Waals surface area contributed by atoms with E-state index in [4.69, 9.17) is 5.73 Å². The molecule has 0 amide bonds. The number of rotatable bonds is 5. The van der Waals surface area contributed by atoms with Crippen molar-refractivity contribution in [2.24, 2.45) is 5.73 Å². The zero-order valence-corrected chi connectivity index (χ0v) is 12.6. The van der Waals surface area contributed by atoms with Crippen LogP contribution in [0.5, 0.6) is 0 Å². The summed E-state index contributed by atoms with van der Waals surface area (Å²) in [5, 5.41) is 0. The summed E-state index contributed by atoms with van der Waals surface area (Å²) in [6.07, 6.45) is 3.94. The Morgan fingerprint density at radius 1 is 1.10 bits per heavy atom. The zero-order chi connectivity index (χ0) is 13.9. The van der Waals surface area contributed by atoms with Gasteiger partial charge in [0.2, 0.25) is 0 Å². The van der Waals surface area contributed by atoms with Crippen molar-refractivity contribution in [2.75, 3.05) is 32.7 Å². The van der Waals surface area contributed by atoms with Gasteiger partial charge in [-0.3, -0.25) is 9.80 Å². The number of aryl methyl sites for hydroxylation is 1. The predicted octanol–water partition coefficient (Wildman–Crippen LogP) is 2.03. The molecule has 1 unspecified atom stereocenters. The molecule has 1 aliphatic carbocycles. The predicted molar refractivity (Wildman–Crippen MR) is 83.8 cm³/mol. The molecular weight excluding hydrogens is 246 g/mol. The van der Waals surface area contributed by atoms with Crippen LogP contribution in [0.1, 0.15) is 36.9 Å². The molecule has 0 spiro atoms. The van der Waals surface area contributed by atoms with E-state index in [9.17, 15) is 0 Å². The normalized spacial score (nSPS) is 22.9. The van der Waals surface area contributed by atoms with Crippen LogP contribution in [-0.2, 0) is 6.42 Å². The summed E-state index contributed by atoms with van der Waals surface area (Å²) < 4.78 is 0. The van der Waals surface area contributed by atoms with Gasteiger partial charge >= 0.3 is 0 Å². The quantitative estimate of drug-likeness (QED) is 0.891. The minimum atomic E-state index is 0.391. The maximum atomic E-state index is 6.06. The van der Waals surface area contributed by atoms with Crippen molar-refractivity contribution in [3.63, 3.8) is 0 Å². The lowest BCUT2D eigenvalue weighted by Gasteiger charge is -2.39. The van der Waals surface area contributed by atoms with Crippen LogP contribution >= 0.6 is 0 Å². The Labute approximate surface area is 122 Å². The van der Waals surface area contributed by atoms with Crippen LogP contribution in [0.3, 0.4) is 0 Å². The van der Waals surface area contributed by atoms with Gasteiger partial charge in [-0.2, -0.15) is 0 Å². The Hall–Kier alpha value is -0.900. The molecule has 2 N–H and O–H groups in total. The van der Waals surface area contributed by atoms with Crippen molar-refractivity contribution < 1.29 is 0 Å². The Kier molecular flexibility index (Phi) is 4.39. The fraction of sp³-hybridized carbons (Fsp3) is 0.647. The highest BCUT2D eigenvalue weighted by Gasteiger charge is 2.32. The number of nitrogens with zero attached hydrogens (tertiary/aromatic N) is 2. The third-order valence-corrected chi connectivity index (χ3v) is 4.85. The molecule has 0 radical (unpaired) electrons. The first kappa shape index (κ1) is 14.1. The molecule has 1 aliphatic heterocycles. The van der Waals surface area contributed by atoms with Crippen molar-refractivity contribution in [2.45, 2.75) is 38.3 Å². The summed E-state index contributed by atoms with van der Waals surface area (Å²) in [7, 11) is 0. The van der Waals surface area contributed by atoms with Gasteiger partial charge in [-0.25, -0.2) is 0 Å². The molecule has 1 heterocycles. The Morgan fingerprint density at radius 2 is 1.75 bits per heavy atom. The van der Waals surface area contributed by atoms with Crippen molar-refractivity contribution >= 4 is 0 Å². The first-order valence-corrected chi connectivity index (χ1v) is 8.09. The smallest absolute Gasteiger partial charge is 0.0471 e. The Bertz CT molecular complexity index is 416. The Balaban J connectivity index is 1.63. The number of hydrogen-bond acceptors (Lipinski definition) is 3. The number of hydrogen-bond donors (Lipinski definition) is 1. The number of nitrogens with two attached hydrogens (primary N) is 1. The molecular formula is C17H27N3. The average Bonchev–Trinajstić information content (AvgIpc) is 3.34. The van der Waals surface area contributed by atoms with Gasteiger partial charge in [-0.05, 0) is 30.4 Å². The first-order valence-electron chi connectivity index (χ1n) is 8.09. The van der Waals surface area contributed by atoms with E-state index in [1.165, 1.54) is 37.1 Å². The van der Waals surface area contributed by atoms with Crippen LogP contribution in [0.2, 0.25) is 0 Å². The van der Waals surface area contributed by atoms with Crippen molar-refractivity contribution in [1.29, 1.82) is 0 Å². The van der Waals surface area contributed by atoms with Crippen LogP contribution in [0, 0.1) is 0 Å². The van der Waals surface area contributed by atoms with Gasteiger partial charge in [0.15, 0.2) is 0 Å². The molecule has 2 aliphatic rings. The van der Waals surface area contributed by atoms with Gasteiger partial charge in [-0.1, -0.05) is 31.2 Å². The highest BCUT2D eigenvalue weighted by Crippen LogP contribution is 2.29. The third kappa shape index (κ3) is 3.05. The van der Waals surface area contributed by atoms with Crippen molar-refractivity contribution in [3.05, 3.63) is 35.4 Å². The summed E-state index contributed by atoms with van der Waals surface area (Å²) in [5.74, 6) is 0.